The lowest BCUT2D eigenvalue weighted by Crippen LogP contribution is -2.40. The maximum Gasteiger partial charge on any atom is 0.0340 e. The summed E-state index contributed by atoms with van der Waals surface area (Å²) in [4.78, 5) is 7.08. The lowest BCUT2D eigenvalue weighted by molar-refractivity contribution is 0.0884. The molecule has 1 atom stereocenters. The van der Waals surface area contributed by atoms with Crippen molar-refractivity contribution in [2.45, 2.75) is 72.6 Å². The van der Waals surface area contributed by atoms with Crippen LogP contribution in [0.2, 0.25) is 0 Å². The molecule has 1 fully saturated rings. The van der Waals surface area contributed by atoms with Gasteiger partial charge in [-0.1, -0.05) is 45.1 Å². The number of allylic oxidation sites excluding steroid dienone is 3. The highest BCUT2D eigenvalue weighted by Gasteiger charge is 2.36. The lowest BCUT2D eigenvalue weighted by Gasteiger charge is -2.43. The SMILES string of the molecule is C=C1CC(CC)(CCN(C)CC2(C)CCC2)Cc2ccc(C=N/C=C/C(=C\C)NCC)cc21. The van der Waals surface area contributed by atoms with Gasteiger partial charge in [-0.05, 0) is 111 Å². The molecule has 0 aromatic heterocycles. The summed E-state index contributed by atoms with van der Waals surface area (Å²) < 4.78 is 0. The molecule has 2 aliphatic rings. The fourth-order valence-electron chi connectivity index (χ4n) is 5.59. The number of likely N-dealkylation sites (N-methyl/N-ethyl adjacent to an activating group) is 1. The maximum atomic E-state index is 4.51. The number of aliphatic imine (C=N–C) groups is 1. The average molecular weight is 448 g/mol. The normalized spacial score (nSPS) is 22.7. The van der Waals surface area contributed by atoms with Crippen LogP contribution in [0.25, 0.3) is 5.57 Å². The van der Waals surface area contributed by atoms with E-state index in [-0.39, 0.29) is 0 Å². The number of fused-ring (bicyclic) bond motifs is 1. The molecule has 1 unspecified atom stereocenters. The van der Waals surface area contributed by atoms with E-state index >= 15 is 0 Å². The Morgan fingerprint density at radius 1 is 1.24 bits per heavy atom. The van der Waals surface area contributed by atoms with Crippen LogP contribution in [0.15, 0.2) is 53.8 Å². The van der Waals surface area contributed by atoms with Crippen molar-refractivity contribution >= 4 is 11.8 Å². The van der Waals surface area contributed by atoms with Gasteiger partial charge >= 0.3 is 0 Å². The van der Waals surface area contributed by atoms with Crippen molar-refractivity contribution in [2.24, 2.45) is 15.8 Å². The highest BCUT2D eigenvalue weighted by Crippen LogP contribution is 2.46. The topological polar surface area (TPSA) is 27.6 Å². The minimum absolute atomic E-state index is 0.340. The molecular weight excluding hydrogens is 402 g/mol. The molecule has 0 radical (unpaired) electrons. The molecule has 1 N–H and O–H groups in total. The fraction of sp³-hybridized carbons (Fsp3) is 0.567. The molecule has 33 heavy (non-hydrogen) atoms. The number of rotatable bonds is 11. The molecule has 0 amide bonds. The average Bonchev–Trinajstić information content (AvgIpc) is 2.79. The molecule has 3 heteroatoms. The van der Waals surface area contributed by atoms with Gasteiger partial charge in [0, 0.05) is 31.2 Å². The standard InChI is InChI=1S/C30H45N3/c1-7-27(32-9-3)13-17-31-22-25-11-12-26-21-30(8-2,20-24(4)28(26)19-25)16-18-33(6)23-29(5)14-10-15-29/h7,11-13,17,19,22,32H,4,8-10,14-16,18,20-21,23H2,1-3,5-6H3/b17-13+,27-7+,31-22?. The van der Waals surface area contributed by atoms with Crippen LogP contribution in [0.5, 0.6) is 0 Å². The number of hydrogen-bond acceptors (Lipinski definition) is 3. The second-order valence-corrected chi connectivity index (χ2v) is 10.7. The van der Waals surface area contributed by atoms with E-state index in [1.807, 2.05) is 25.4 Å². The summed E-state index contributed by atoms with van der Waals surface area (Å²) in [6.45, 7) is 16.8. The van der Waals surface area contributed by atoms with Gasteiger partial charge in [-0.15, -0.1) is 0 Å². The van der Waals surface area contributed by atoms with Crippen LogP contribution in [0, 0.1) is 10.8 Å². The molecule has 180 valence electrons. The fourth-order valence-corrected chi connectivity index (χ4v) is 5.59. The lowest BCUT2D eigenvalue weighted by atomic mass is 9.66. The molecule has 0 heterocycles. The Hall–Kier alpha value is -2.13. The van der Waals surface area contributed by atoms with Crippen LogP contribution in [0.4, 0.5) is 0 Å². The minimum Gasteiger partial charge on any atom is -0.386 e. The third-order valence-electron chi connectivity index (χ3n) is 7.91. The van der Waals surface area contributed by atoms with Crippen LogP contribution < -0.4 is 5.32 Å². The summed E-state index contributed by atoms with van der Waals surface area (Å²) in [6.07, 6.45) is 16.8. The molecule has 0 saturated heterocycles. The summed E-state index contributed by atoms with van der Waals surface area (Å²) >= 11 is 0. The zero-order valence-corrected chi connectivity index (χ0v) is 21.7. The Labute approximate surface area is 202 Å². The van der Waals surface area contributed by atoms with Gasteiger partial charge in [0.25, 0.3) is 0 Å². The second kappa shape index (κ2) is 11.3. The maximum absolute atomic E-state index is 4.51. The molecule has 0 aliphatic heterocycles. The smallest absolute Gasteiger partial charge is 0.0340 e. The van der Waals surface area contributed by atoms with Gasteiger partial charge in [-0.3, -0.25) is 4.99 Å². The van der Waals surface area contributed by atoms with Crippen molar-refractivity contribution < 1.29 is 0 Å². The molecular formula is C30H45N3. The van der Waals surface area contributed by atoms with E-state index in [4.69, 9.17) is 0 Å². The van der Waals surface area contributed by atoms with E-state index in [2.05, 4.69) is 73.9 Å². The zero-order chi connectivity index (χ0) is 23.9. The van der Waals surface area contributed by atoms with Crippen molar-refractivity contribution in [3.05, 3.63) is 65.5 Å². The Bertz CT molecular complexity index is 903. The monoisotopic (exact) mass is 447 g/mol. The van der Waals surface area contributed by atoms with Crippen LogP contribution in [-0.2, 0) is 6.42 Å². The first-order chi connectivity index (χ1) is 15.8. The van der Waals surface area contributed by atoms with Crippen molar-refractivity contribution in [3.8, 4) is 0 Å². The summed E-state index contributed by atoms with van der Waals surface area (Å²) in [5.41, 5.74) is 7.22. The van der Waals surface area contributed by atoms with Gasteiger partial charge < -0.3 is 10.2 Å². The number of nitrogens with zero attached hydrogens (tertiary/aromatic N) is 2. The third kappa shape index (κ3) is 6.69. The molecule has 0 spiro atoms. The molecule has 0 bridgehead atoms. The van der Waals surface area contributed by atoms with Crippen molar-refractivity contribution in [1.82, 2.24) is 10.2 Å². The Balaban J connectivity index is 1.64. The highest BCUT2D eigenvalue weighted by atomic mass is 15.1. The van der Waals surface area contributed by atoms with E-state index in [0.717, 1.165) is 30.6 Å². The van der Waals surface area contributed by atoms with E-state index in [1.54, 1.807) is 0 Å². The van der Waals surface area contributed by atoms with Crippen LogP contribution in [0.1, 0.15) is 82.9 Å². The first kappa shape index (κ1) is 25.5. The molecule has 2 aliphatic carbocycles. The molecule has 3 nitrogen and oxygen atoms in total. The van der Waals surface area contributed by atoms with Crippen LogP contribution >= 0.6 is 0 Å². The quantitative estimate of drug-likeness (QED) is 0.292. The summed E-state index contributed by atoms with van der Waals surface area (Å²) in [5.74, 6) is 0. The minimum atomic E-state index is 0.340. The first-order valence-corrected chi connectivity index (χ1v) is 12.9. The van der Waals surface area contributed by atoms with Crippen molar-refractivity contribution in [2.75, 3.05) is 26.7 Å². The molecule has 3 rings (SSSR count). The summed E-state index contributed by atoms with van der Waals surface area (Å²) in [6, 6.07) is 6.79. The Morgan fingerprint density at radius 3 is 2.67 bits per heavy atom. The van der Waals surface area contributed by atoms with Gasteiger partial charge in [0.05, 0.1) is 0 Å². The number of hydrogen-bond donors (Lipinski definition) is 1. The van der Waals surface area contributed by atoms with Gasteiger partial charge in [0.2, 0.25) is 0 Å². The van der Waals surface area contributed by atoms with E-state index in [1.165, 1.54) is 61.9 Å². The zero-order valence-electron chi connectivity index (χ0n) is 21.7. The summed E-state index contributed by atoms with van der Waals surface area (Å²) in [7, 11) is 2.32. The van der Waals surface area contributed by atoms with Crippen LogP contribution in [0.3, 0.4) is 0 Å². The molecule has 1 aromatic carbocycles. The van der Waals surface area contributed by atoms with Gasteiger partial charge in [-0.2, -0.15) is 0 Å². The predicted octanol–water partition coefficient (Wildman–Crippen LogP) is 7.00. The molecule has 1 saturated carbocycles. The Morgan fingerprint density at radius 2 is 2.03 bits per heavy atom. The number of nitrogens with one attached hydrogen (secondary N) is 1. The predicted molar refractivity (Wildman–Crippen MR) is 145 cm³/mol. The third-order valence-corrected chi connectivity index (χ3v) is 7.91. The van der Waals surface area contributed by atoms with Crippen molar-refractivity contribution in [3.63, 3.8) is 0 Å². The van der Waals surface area contributed by atoms with Crippen molar-refractivity contribution in [1.29, 1.82) is 0 Å². The Kier molecular flexibility index (Phi) is 8.75. The summed E-state index contributed by atoms with van der Waals surface area (Å²) in [5, 5.41) is 3.31. The van der Waals surface area contributed by atoms with Gasteiger partial charge in [0.1, 0.15) is 0 Å². The van der Waals surface area contributed by atoms with Gasteiger partial charge in [0.15, 0.2) is 0 Å². The van der Waals surface area contributed by atoms with E-state index < -0.39 is 0 Å². The van der Waals surface area contributed by atoms with Crippen LogP contribution in [-0.4, -0.2) is 37.8 Å². The van der Waals surface area contributed by atoms with E-state index in [0.29, 0.717) is 10.8 Å². The highest BCUT2D eigenvalue weighted by molar-refractivity contribution is 5.83. The second-order valence-electron chi connectivity index (χ2n) is 10.7. The largest absolute Gasteiger partial charge is 0.386 e. The number of benzene rings is 1. The van der Waals surface area contributed by atoms with Gasteiger partial charge in [-0.25, -0.2) is 0 Å². The van der Waals surface area contributed by atoms with E-state index in [9.17, 15) is 0 Å². The first-order valence-electron chi connectivity index (χ1n) is 12.9. The molecule has 1 aromatic rings.